The molecule has 55 heavy (non-hydrogen) atoms. The van der Waals surface area contributed by atoms with E-state index in [1.807, 2.05) is 42.5 Å². The van der Waals surface area contributed by atoms with Crippen LogP contribution in [0.1, 0.15) is 5.48 Å². The molecule has 0 fully saturated rings. The van der Waals surface area contributed by atoms with Gasteiger partial charge in [0.25, 0.3) is 0 Å². The summed E-state index contributed by atoms with van der Waals surface area (Å²) < 4.78 is 45.6. The van der Waals surface area contributed by atoms with Crippen LogP contribution in [-0.2, 0) is 0 Å². The van der Waals surface area contributed by atoms with Crippen LogP contribution in [0.5, 0.6) is 0 Å². The monoisotopic (exact) mass is 707 g/mol. The molecular weight excluding hydrogens is 671 g/mol. The fraction of sp³-hybridized carbons (Fsp3) is 0. The van der Waals surface area contributed by atoms with Crippen LogP contribution >= 0.6 is 0 Å². The molecule has 0 N–H and O–H groups in total. The van der Waals surface area contributed by atoms with Crippen LogP contribution in [0, 0.1) is 0 Å². The molecule has 0 saturated heterocycles. The summed E-state index contributed by atoms with van der Waals surface area (Å²) >= 11 is 0. The third-order valence-electron chi connectivity index (χ3n) is 10.6. The highest BCUT2D eigenvalue weighted by atomic mass is 16.3. The highest BCUT2D eigenvalue weighted by Crippen LogP contribution is 2.42. The molecule has 0 aliphatic heterocycles. The van der Waals surface area contributed by atoms with Crippen LogP contribution in [0.2, 0.25) is 0 Å². The lowest BCUT2D eigenvalue weighted by atomic mass is 9.97. The van der Waals surface area contributed by atoms with Crippen molar-refractivity contribution >= 4 is 71.7 Å². The smallest absolute Gasteiger partial charge is 0.136 e. The number of benzene rings is 9. The van der Waals surface area contributed by atoms with Crippen LogP contribution in [0.3, 0.4) is 0 Å². The minimum absolute atomic E-state index is 0.103. The van der Waals surface area contributed by atoms with E-state index in [9.17, 15) is 0 Å². The topological polar surface area (TPSA) is 29.5 Å². The van der Waals surface area contributed by atoms with Crippen molar-refractivity contribution in [3.05, 3.63) is 200 Å². The van der Waals surface area contributed by atoms with E-state index < -0.39 is 0 Å². The summed E-state index contributed by atoms with van der Waals surface area (Å²) in [5.41, 5.74) is 11.8. The van der Waals surface area contributed by atoms with Crippen LogP contribution in [0.4, 0.5) is 17.1 Å². The van der Waals surface area contributed by atoms with Crippen LogP contribution in [0.25, 0.3) is 88.0 Å². The third-order valence-corrected chi connectivity index (χ3v) is 10.6. The SMILES string of the molecule is [2H]c1c([2H])c([2H])c2c(oc3ccc(-c4ccc(N(c5ccc(-c6cccc7ccccc67)cc5)c5cccc(-c6cccc7oc8ccccc8c67)c5)cc4)cc32)c1[2H]. The van der Waals surface area contributed by atoms with Crippen molar-refractivity contribution in [3.8, 4) is 33.4 Å². The molecular formula is C52H33NO2. The number of hydrogen-bond acceptors (Lipinski definition) is 3. The molecule has 0 amide bonds. The van der Waals surface area contributed by atoms with Gasteiger partial charge in [0.15, 0.2) is 0 Å². The zero-order chi connectivity index (χ0) is 39.8. The lowest BCUT2D eigenvalue weighted by molar-refractivity contribution is 0.668. The molecule has 2 heterocycles. The first-order chi connectivity index (χ1) is 28.9. The van der Waals surface area contributed by atoms with Gasteiger partial charge in [0.2, 0.25) is 0 Å². The Balaban J connectivity index is 1.03. The van der Waals surface area contributed by atoms with Gasteiger partial charge in [0, 0.05) is 38.6 Å². The van der Waals surface area contributed by atoms with Crippen LogP contribution in [0.15, 0.2) is 209 Å². The van der Waals surface area contributed by atoms with E-state index in [0.29, 0.717) is 16.4 Å². The molecule has 0 aliphatic carbocycles. The van der Waals surface area contributed by atoms with E-state index in [-0.39, 0.29) is 29.8 Å². The van der Waals surface area contributed by atoms with Gasteiger partial charge in [-0.15, -0.1) is 0 Å². The van der Waals surface area contributed by atoms with Gasteiger partial charge in [0.1, 0.15) is 22.3 Å². The number of rotatable bonds is 6. The van der Waals surface area contributed by atoms with Crippen molar-refractivity contribution in [3.63, 3.8) is 0 Å². The predicted molar refractivity (Wildman–Crippen MR) is 229 cm³/mol. The Morgan fingerprint density at radius 2 is 1.00 bits per heavy atom. The number of nitrogens with zero attached hydrogens (tertiary/aromatic N) is 1. The zero-order valence-corrected chi connectivity index (χ0v) is 29.5. The molecule has 11 rings (SSSR count). The minimum Gasteiger partial charge on any atom is -0.456 e. The largest absolute Gasteiger partial charge is 0.456 e. The van der Waals surface area contributed by atoms with Crippen LogP contribution < -0.4 is 4.90 Å². The molecule has 11 aromatic rings. The number of hydrogen-bond donors (Lipinski definition) is 0. The lowest BCUT2D eigenvalue weighted by Gasteiger charge is -2.26. The molecule has 2 aromatic heterocycles. The Morgan fingerprint density at radius 1 is 0.364 bits per heavy atom. The van der Waals surface area contributed by atoms with Crippen molar-refractivity contribution in [2.24, 2.45) is 0 Å². The number of anilines is 3. The van der Waals surface area contributed by atoms with E-state index in [2.05, 4.69) is 138 Å². The quantitative estimate of drug-likeness (QED) is 0.172. The molecule has 0 atom stereocenters. The Kier molecular flexibility index (Phi) is 6.27. The zero-order valence-electron chi connectivity index (χ0n) is 33.5. The predicted octanol–water partition coefficient (Wildman–Crippen LogP) is 15.1. The minimum atomic E-state index is -0.303. The average Bonchev–Trinajstić information content (AvgIpc) is 3.87. The Hall–Kier alpha value is -7.36. The maximum Gasteiger partial charge on any atom is 0.136 e. The molecule has 0 spiro atoms. The maximum absolute atomic E-state index is 8.61. The van der Waals surface area contributed by atoms with Gasteiger partial charge in [0.05, 0.1) is 5.48 Å². The van der Waals surface area contributed by atoms with Crippen LogP contribution in [-0.4, -0.2) is 0 Å². The second-order valence-electron chi connectivity index (χ2n) is 13.8. The van der Waals surface area contributed by atoms with E-state index in [1.165, 1.54) is 16.3 Å². The first kappa shape index (κ1) is 27.3. The van der Waals surface area contributed by atoms with E-state index in [1.54, 1.807) is 0 Å². The summed E-state index contributed by atoms with van der Waals surface area (Å²) in [6, 6.07) is 60.0. The molecule has 258 valence electrons. The first-order valence-corrected chi connectivity index (χ1v) is 18.3. The molecule has 9 aromatic carbocycles. The molecule has 0 saturated carbocycles. The highest BCUT2D eigenvalue weighted by Gasteiger charge is 2.17. The third kappa shape index (κ3) is 5.28. The Labute approximate surface area is 323 Å². The summed E-state index contributed by atoms with van der Waals surface area (Å²) in [6.45, 7) is 0. The lowest BCUT2D eigenvalue weighted by Crippen LogP contribution is -2.10. The van der Waals surface area contributed by atoms with Gasteiger partial charge in [-0.3, -0.25) is 0 Å². The fourth-order valence-corrected chi connectivity index (χ4v) is 8.02. The summed E-state index contributed by atoms with van der Waals surface area (Å²) in [7, 11) is 0. The number of fused-ring (bicyclic) bond motifs is 7. The summed E-state index contributed by atoms with van der Waals surface area (Å²) in [5.74, 6) is 0. The summed E-state index contributed by atoms with van der Waals surface area (Å²) in [5, 5.41) is 5.64. The second kappa shape index (κ2) is 12.6. The van der Waals surface area contributed by atoms with E-state index >= 15 is 0 Å². The van der Waals surface area contributed by atoms with Crippen molar-refractivity contribution in [2.45, 2.75) is 0 Å². The number of furan rings is 2. The normalized spacial score (nSPS) is 12.7. The standard InChI is InChI=1S/C52H33NO2/c1-2-14-42-35(10-1)11-8-17-43(42)36-24-29-40(30-25-36)53(39-27-22-34(23-28-39)37-26-31-50-47(33-37)45-15-3-5-19-48(45)54-50)41-13-7-12-38(32-41)44-18-9-21-51-52(44)46-16-4-6-20-49(46)55-51/h1-33H/i3D,5D,15D,19D. The van der Waals surface area contributed by atoms with Crippen molar-refractivity contribution < 1.29 is 14.3 Å². The highest BCUT2D eigenvalue weighted by molar-refractivity contribution is 6.12. The molecule has 0 bridgehead atoms. The van der Waals surface area contributed by atoms with Gasteiger partial charge >= 0.3 is 0 Å². The molecule has 0 aliphatic rings. The molecule has 3 nitrogen and oxygen atoms in total. The number of para-hydroxylation sites is 2. The average molecular weight is 708 g/mol. The Bertz CT molecular complexity index is 3440. The summed E-state index contributed by atoms with van der Waals surface area (Å²) in [4.78, 5) is 2.27. The summed E-state index contributed by atoms with van der Waals surface area (Å²) in [6.07, 6.45) is 0. The Morgan fingerprint density at radius 3 is 1.87 bits per heavy atom. The molecule has 0 unspecified atom stereocenters. The van der Waals surface area contributed by atoms with Gasteiger partial charge in [-0.05, 0) is 111 Å². The van der Waals surface area contributed by atoms with Gasteiger partial charge in [-0.25, -0.2) is 0 Å². The van der Waals surface area contributed by atoms with E-state index in [0.717, 1.165) is 66.8 Å². The van der Waals surface area contributed by atoms with Gasteiger partial charge in [-0.1, -0.05) is 133 Å². The van der Waals surface area contributed by atoms with Crippen molar-refractivity contribution in [1.82, 2.24) is 0 Å². The van der Waals surface area contributed by atoms with Gasteiger partial charge in [-0.2, -0.15) is 0 Å². The van der Waals surface area contributed by atoms with Crippen molar-refractivity contribution in [1.29, 1.82) is 0 Å². The molecule has 0 radical (unpaired) electrons. The van der Waals surface area contributed by atoms with E-state index in [4.69, 9.17) is 14.3 Å². The molecule has 3 heteroatoms. The van der Waals surface area contributed by atoms with Crippen molar-refractivity contribution in [2.75, 3.05) is 4.90 Å². The maximum atomic E-state index is 8.61. The second-order valence-corrected chi connectivity index (χ2v) is 13.8. The first-order valence-electron chi connectivity index (χ1n) is 20.3. The fourth-order valence-electron chi connectivity index (χ4n) is 8.02. The van der Waals surface area contributed by atoms with Gasteiger partial charge < -0.3 is 13.7 Å².